The average molecular weight is 538 g/mol. The van der Waals surface area contributed by atoms with Crippen molar-refractivity contribution in [2.45, 2.75) is 45.6 Å². The molecule has 0 radical (unpaired) electrons. The third-order valence-electron chi connectivity index (χ3n) is 6.03. The van der Waals surface area contributed by atoms with Crippen LogP contribution in [0.4, 0.5) is 25.4 Å². The Morgan fingerprint density at radius 3 is 2.67 bits per heavy atom. The lowest BCUT2D eigenvalue weighted by atomic mass is 10.0. The number of halogens is 1. The first kappa shape index (κ1) is 29.3. The lowest BCUT2D eigenvalue weighted by molar-refractivity contribution is -0.119. The maximum Gasteiger partial charge on any atom is 0.414 e. The first-order valence-electron chi connectivity index (χ1n) is 13.1. The number of anilines is 2. The molecule has 10 heteroatoms. The minimum absolute atomic E-state index is 0.196. The first-order chi connectivity index (χ1) is 18.8. The van der Waals surface area contributed by atoms with Gasteiger partial charge in [-0.2, -0.15) is 0 Å². The normalized spacial score (nSPS) is 14.8. The molecule has 0 unspecified atom stereocenters. The monoisotopic (exact) mass is 537 g/mol. The van der Waals surface area contributed by atoms with E-state index >= 15 is 0 Å². The second-order valence-electron chi connectivity index (χ2n) is 9.32. The number of rotatable bonds is 13. The fourth-order valence-corrected chi connectivity index (χ4v) is 3.97. The highest BCUT2D eigenvalue weighted by Crippen LogP contribution is 2.29. The van der Waals surface area contributed by atoms with Crippen molar-refractivity contribution in [3.63, 3.8) is 0 Å². The molecule has 3 rings (SSSR count). The largest absolute Gasteiger partial charge is 0.442 e. The van der Waals surface area contributed by atoms with E-state index < -0.39 is 18.0 Å². The fraction of sp³-hybridized carbons (Fsp3) is 0.379. The molecule has 9 nitrogen and oxygen atoms in total. The number of urea groups is 1. The fourth-order valence-electron chi connectivity index (χ4n) is 3.97. The second kappa shape index (κ2) is 14.7. The van der Waals surface area contributed by atoms with Gasteiger partial charge in [-0.3, -0.25) is 14.7 Å². The molecule has 1 fully saturated rings. The maximum absolute atomic E-state index is 15.0. The summed E-state index contributed by atoms with van der Waals surface area (Å²) in [5.41, 5.74) is 3.01. The zero-order chi connectivity index (χ0) is 28.2. The van der Waals surface area contributed by atoms with Gasteiger partial charge in [-0.05, 0) is 55.2 Å². The molecule has 0 aliphatic carbocycles. The van der Waals surface area contributed by atoms with E-state index in [1.807, 2.05) is 6.21 Å². The number of nitrogens with one attached hydrogen (secondary N) is 3. The van der Waals surface area contributed by atoms with Crippen LogP contribution in [0.5, 0.6) is 0 Å². The zero-order valence-electron chi connectivity index (χ0n) is 22.5. The van der Waals surface area contributed by atoms with Crippen molar-refractivity contribution < 1.29 is 23.5 Å². The minimum Gasteiger partial charge on any atom is -0.442 e. The molecule has 0 spiro atoms. The lowest BCUT2D eigenvalue weighted by Gasteiger charge is -2.15. The van der Waals surface area contributed by atoms with Crippen molar-refractivity contribution >= 4 is 35.6 Å². The molecule has 0 saturated carbocycles. The van der Waals surface area contributed by atoms with Crippen molar-refractivity contribution in [1.82, 2.24) is 10.6 Å². The quantitative estimate of drug-likeness (QED) is 0.183. The number of hydrogen-bond acceptors (Lipinski definition) is 5. The van der Waals surface area contributed by atoms with Gasteiger partial charge >= 0.3 is 12.1 Å². The summed E-state index contributed by atoms with van der Waals surface area (Å²) < 4.78 is 20.2. The molecule has 4 amide bonds. The number of carbonyl (C=O) groups excluding carboxylic acids is 3. The smallest absolute Gasteiger partial charge is 0.414 e. The molecule has 1 aliphatic rings. The molecule has 0 bridgehead atoms. The number of cyclic esters (lactones) is 1. The summed E-state index contributed by atoms with van der Waals surface area (Å²) in [5.74, 6) is -0.717. The number of ether oxygens (including phenoxy) is 1. The van der Waals surface area contributed by atoms with E-state index in [2.05, 4.69) is 34.4 Å². The van der Waals surface area contributed by atoms with Crippen molar-refractivity contribution in [1.29, 1.82) is 0 Å². The van der Waals surface area contributed by atoms with Gasteiger partial charge in [-0.15, -0.1) is 0 Å². The van der Waals surface area contributed by atoms with Gasteiger partial charge in [0.25, 0.3) is 0 Å². The van der Waals surface area contributed by atoms with Gasteiger partial charge in [0, 0.05) is 43.9 Å². The van der Waals surface area contributed by atoms with E-state index in [0.29, 0.717) is 29.0 Å². The van der Waals surface area contributed by atoms with Crippen molar-refractivity contribution in [3.05, 3.63) is 60.4 Å². The van der Waals surface area contributed by atoms with Crippen LogP contribution in [-0.4, -0.2) is 56.5 Å². The maximum atomic E-state index is 15.0. The minimum atomic E-state index is -0.590. The van der Waals surface area contributed by atoms with Crippen LogP contribution in [0.15, 0.2) is 59.6 Å². The van der Waals surface area contributed by atoms with Crippen molar-refractivity contribution in [2.75, 3.05) is 36.4 Å². The van der Waals surface area contributed by atoms with Gasteiger partial charge in [-0.1, -0.05) is 31.2 Å². The Bertz CT molecular complexity index is 1200. The summed E-state index contributed by atoms with van der Waals surface area (Å²) in [6, 6.07) is 11.0. The molecular formula is C29H36FN5O4. The molecule has 1 heterocycles. The first-order valence-corrected chi connectivity index (χ1v) is 13.1. The van der Waals surface area contributed by atoms with E-state index in [0.717, 1.165) is 37.8 Å². The summed E-state index contributed by atoms with van der Waals surface area (Å²) in [7, 11) is 0. The second-order valence-corrected chi connectivity index (χ2v) is 9.32. The number of hydrogen-bond donors (Lipinski definition) is 3. The summed E-state index contributed by atoms with van der Waals surface area (Å²) >= 11 is 0. The van der Waals surface area contributed by atoms with Crippen LogP contribution >= 0.6 is 0 Å². The van der Waals surface area contributed by atoms with Crippen molar-refractivity contribution in [2.24, 2.45) is 4.99 Å². The highest BCUT2D eigenvalue weighted by Gasteiger charge is 2.32. The summed E-state index contributed by atoms with van der Waals surface area (Å²) in [6.07, 6.45) is 4.18. The van der Waals surface area contributed by atoms with Crippen LogP contribution in [0.3, 0.4) is 0 Å². The van der Waals surface area contributed by atoms with Crippen molar-refractivity contribution in [3.8, 4) is 11.1 Å². The molecule has 2 aromatic rings. The lowest BCUT2D eigenvalue weighted by Crippen LogP contribution is -2.33. The predicted molar refractivity (Wildman–Crippen MR) is 152 cm³/mol. The highest BCUT2D eigenvalue weighted by atomic mass is 19.1. The van der Waals surface area contributed by atoms with Gasteiger partial charge < -0.3 is 20.7 Å². The highest BCUT2D eigenvalue weighted by molar-refractivity contribution is 5.91. The molecule has 1 atom stereocenters. The van der Waals surface area contributed by atoms with E-state index in [4.69, 9.17) is 4.74 Å². The Labute approximate surface area is 228 Å². The van der Waals surface area contributed by atoms with Crippen LogP contribution < -0.4 is 20.9 Å². The molecule has 0 aromatic heterocycles. The van der Waals surface area contributed by atoms with Crippen LogP contribution in [0, 0.1) is 5.82 Å². The summed E-state index contributed by atoms with van der Waals surface area (Å²) in [6.45, 7) is 9.26. The Kier molecular flexibility index (Phi) is 11.0. The van der Waals surface area contributed by atoms with Crippen LogP contribution in [0.1, 0.15) is 39.5 Å². The van der Waals surface area contributed by atoms with Gasteiger partial charge in [0.1, 0.15) is 11.9 Å². The number of aliphatic imine (C=N–C) groups is 1. The molecular weight excluding hydrogens is 501 g/mol. The van der Waals surface area contributed by atoms with Gasteiger partial charge in [0.15, 0.2) is 0 Å². The van der Waals surface area contributed by atoms with Crippen LogP contribution in [-0.2, 0) is 9.53 Å². The van der Waals surface area contributed by atoms with Crippen LogP contribution in [0.2, 0.25) is 0 Å². The number of benzene rings is 2. The number of allylic oxidation sites excluding steroid dienone is 1. The third-order valence-corrected chi connectivity index (χ3v) is 6.03. The van der Waals surface area contributed by atoms with E-state index in [-0.39, 0.29) is 25.0 Å². The Morgan fingerprint density at radius 2 is 1.97 bits per heavy atom. The third kappa shape index (κ3) is 9.24. The summed E-state index contributed by atoms with van der Waals surface area (Å²) in [4.78, 5) is 41.1. The molecule has 3 N–H and O–H groups in total. The Balaban J connectivity index is 1.47. The molecule has 2 aromatic carbocycles. The molecule has 39 heavy (non-hydrogen) atoms. The molecule has 1 saturated heterocycles. The van der Waals surface area contributed by atoms with Crippen LogP contribution in [0.25, 0.3) is 11.1 Å². The van der Waals surface area contributed by atoms with Gasteiger partial charge in [-0.25, -0.2) is 14.0 Å². The number of amides is 4. The summed E-state index contributed by atoms with van der Waals surface area (Å²) in [5, 5.41) is 8.21. The number of nitrogens with zero attached hydrogens (tertiary/aromatic N) is 2. The number of carbonyl (C=O) groups is 3. The van der Waals surface area contributed by atoms with Gasteiger partial charge in [0.05, 0.1) is 18.8 Å². The zero-order valence-corrected chi connectivity index (χ0v) is 22.5. The topological polar surface area (TPSA) is 112 Å². The average Bonchev–Trinajstić information content (AvgIpc) is 3.29. The predicted octanol–water partition coefficient (Wildman–Crippen LogP) is 5.28. The Morgan fingerprint density at radius 1 is 1.21 bits per heavy atom. The molecule has 1 aliphatic heterocycles. The van der Waals surface area contributed by atoms with E-state index in [9.17, 15) is 18.8 Å². The Hall–Kier alpha value is -4.21. The SMILES string of the molecule is C=C(CC=NCCC)CCCNC(=O)Nc1ccc(-c2ccc(N3C[C@H](CNC(C)=O)OC3=O)cc2F)cc1. The standard InChI is InChI=1S/C29H36FN5O4/c1-4-14-31-16-13-20(2)6-5-15-32-28(37)34-23-9-7-22(8-10-23)26-12-11-24(17-27(26)30)35-19-25(39-29(35)38)18-33-21(3)36/h7-12,16-17,25H,2,4-6,13-15,18-19H2,1,3H3,(H,33,36)(H2,32,34,37)/t25-/m0/s1. The van der Waals surface area contributed by atoms with E-state index in [1.54, 1.807) is 36.4 Å². The van der Waals surface area contributed by atoms with Gasteiger partial charge in [0.2, 0.25) is 5.91 Å². The van der Waals surface area contributed by atoms with E-state index in [1.165, 1.54) is 17.9 Å². The molecule has 208 valence electrons.